The monoisotopic (exact) mass is 312 g/mol. The summed E-state index contributed by atoms with van der Waals surface area (Å²) in [7, 11) is 0. The van der Waals surface area contributed by atoms with Gasteiger partial charge in [-0.1, -0.05) is 65.2 Å². The molecule has 21 heavy (non-hydrogen) atoms. The maximum absolute atomic E-state index is 10.0. The zero-order chi connectivity index (χ0) is 15.6. The average molecular weight is 312 g/mol. The fourth-order valence-corrected chi connectivity index (χ4v) is 1.76. The molecule has 0 aromatic carbocycles. The Hall–Kier alpha value is -0.0600. The molecule has 0 bridgehead atoms. The summed E-state index contributed by atoms with van der Waals surface area (Å²) < 4.78 is 0. The van der Waals surface area contributed by atoms with E-state index in [1.54, 1.807) is 0 Å². The Morgan fingerprint density at radius 2 is 0.905 bits per heavy atom. The van der Waals surface area contributed by atoms with Gasteiger partial charge in [0.15, 0.2) is 0 Å². The fraction of sp³-hybridized carbons (Fsp3) is 0.875. The molecule has 0 saturated heterocycles. The van der Waals surface area contributed by atoms with Crippen LogP contribution in [-0.4, -0.2) is 51.7 Å². The second kappa shape index (κ2) is 22.2. The zero-order valence-corrected chi connectivity index (χ0v) is 13.2. The van der Waals surface area contributed by atoms with Crippen molar-refractivity contribution in [1.29, 1.82) is 0 Å². The number of carbonyl (C=O) groups is 2. The van der Waals surface area contributed by atoms with Gasteiger partial charge in [-0.25, -0.2) is 0 Å². The summed E-state index contributed by atoms with van der Waals surface area (Å²) >= 11 is 0. The summed E-state index contributed by atoms with van der Waals surface area (Å²) in [6.07, 6.45) is 11.8. The first-order valence-electron chi connectivity index (χ1n) is 7.98. The minimum absolute atomic E-state index is 0. The Morgan fingerprint density at radius 1 is 0.619 bits per heavy atom. The van der Waals surface area contributed by atoms with Crippen LogP contribution in [0, 0.1) is 0 Å². The van der Waals surface area contributed by atoms with Gasteiger partial charge in [0.1, 0.15) is 0 Å². The van der Waals surface area contributed by atoms with Gasteiger partial charge < -0.3 is 10.2 Å². The van der Waals surface area contributed by atoms with Crippen molar-refractivity contribution in [3.63, 3.8) is 0 Å². The van der Waals surface area contributed by atoms with E-state index >= 15 is 0 Å². The molecule has 122 valence electrons. The van der Waals surface area contributed by atoms with Gasteiger partial charge in [-0.05, 0) is 12.8 Å². The summed E-state index contributed by atoms with van der Waals surface area (Å²) in [6, 6.07) is 0. The van der Waals surface area contributed by atoms with E-state index in [0.29, 0.717) is 12.8 Å². The van der Waals surface area contributed by atoms with Crippen molar-refractivity contribution in [3.8, 4) is 0 Å². The molecular weight excluding hydrogens is 279 g/mol. The van der Waals surface area contributed by atoms with Crippen LogP contribution in [0.2, 0.25) is 0 Å². The second-order valence-electron chi connectivity index (χ2n) is 5.12. The molecule has 5 heteroatoms. The minimum atomic E-state index is -0.670. The third kappa shape index (κ3) is 33.0. The van der Waals surface area contributed by atoms with E-state index in [-0.39, 0.29) is 29.6 Å². The van der Waals surface area contributed by atoms with Gasteiger partial charge in [0.05, 0.1) is 0 Å². The molecule has 0 aliphatic rings. The standard InChI is InChI=1S/2C8H16O2.Na.H/c2*1-2-3-4-5-6-7-8(9)10;;/h2*2-7H2,1H3,(H,9,10);;. The molecule has 0 atom stereocenters. The van der Waals surface area contributed by atoms with Gasteiger partial charge in [-0.3, -0.25) is 9.59 Å². The van der Waals surface area contributed by atoms with Crippen molar-refractivity contribution in [1.82, 2.24) is 0 Å². The van der Waals surface area contributed by atoms with Gasteiger partial charge >= 0.3 is 41.5 Å². The Labute approximate surface area is 152 Å². The molecule has 0 spiro atoms. The van der Waals surface area contributed by atoms with Crippen LogP contribution in [-0.2, 0) is 9.59 Å². The number of unbranched alkanes of at least 4 members (excludes halogenated alkanes) is 8. The van der Waals surface area contributed by atoms with Crippen molar-refractivity contribution in [2.24, 2.45) is 0 Å². The van der Waals surface area contributed by atoms with Crippen molar-refractivity contribution in [2.45, 2.75) is 90.9 Å². The topological polar surface area (TPSA) is 74.6 Å². The van der Waals surface area contributed by atoms with Gasteiger partial charge in [0.2, 0.25) is 0 Å². The van der Waals surface area contributed by atoms with E-state index in [0.717, 1.165) is 25.7 Å². The van der Waals surface area contributed by atoms with E-state index < -0.39 is 11.9 Å². The molecule has 0 amide bonds. The Balaban J connectivity index is -0.000000295. The quantitative estimate of drug-likeness (QED) is 0.418. The Kier molecular flexibility index (Phi) is 27.4. The first-order chi connectivity index (χ1) is 9.54. The first kappa shape index (κ1) is 25.9. The van der Waals surface area contributed by atoms with Crippen LogP contribution in [0.3, 0.4) is 0 Å². The molecule has 0 fully saturated rings. The van der Waals surface area contributed by atoms with Crippen molar-refractivity contribution < 1.29 is 19.8 Å². The van der Waals surface area contributed by atoms with E-state index in [2.05, 4.69) is 13.8 Å². The summed E-state index contributed by atoms with van der Waals surface area (Å²) in [5.74, 6) is -1.34. The molecule has 0 radical (unpaired) electrons. The van der Waals surface area contributed by atoms with Crippen LogP contribution in [0.5, 0.6) is 0 Å². The average Bonchev–Trinajstić information content (AvgIpc) is 2.38. The molecule has 0 aromatic rings. The summed E-state index contributed by atoms with van der Waals surface area (Å²) in [5.41, 5.74) is 0. The molecule has 0 aliphatic heterocycles. The SMILES string of the molecule is CCCCCCCC(=O)O.CCCCCCCC(=O)O.[NaH]. The molecule has 0 heterocycles. The molecule has 2 N–H and O–H groups in total. The van der Waals surface area contributed by atoms with E-state index in [1.807, 2.05) is 0 Å². The number of carboxylic acids is 2. The van der Waals surface area contributed by atoms with Gasteiger partial charge in [-0.2, -0.15) is 0 Å². The third-order valence-electron chi connectivity index (χ3n) is 2.99. The van der Waals surface area contributed by atoms with Crippen LogP contribution in [0.4, 0.5) is 0 Å². The normalized spacial score (nSPS) is 9.24. The molecule has 0 unspecified atom stereocenters. The third-order valence-corrected chi connectivity index (χ3v) is 2.99. The van der Waals surface area contributed by atoms with E-state index in [9.17, 15) is 9.59 Å². The maximum atomic E-state index is 10.0. The number of hydrogen-bond donors (Lipinski definition) is 2. The van der Waals surface area contributed by atoms with Crippen LogP contribution < -0.4 is 0 Å². The predicted molar refractivity (Wildman–Crippen MR) is 89.2 cm³/mol. The van der Waals surface area contributed by atoms with Gasteiger partial charge in [0.25, 0.3) is 0 Å². The Bertz CT molecular complexity index is 208. The van der Waals surface area contributed by atoms with Crippen LogP contribution in [0.15, 0.2) is 0 Å². The zero-order valence-electron chi connectivity index (χ0n) is 13.2. The number of aliphatic carboxylic acids is 2. The van der Waals surface area contributed by atoms with Crippen LogP contribution in [0.25, 0.3) is 0 Å². The van der Waals surface area contributed by atoms with Crippen molar-refractivity contribution in [3.05, 3.63) is 0 Å². The molecule has 0 rings (SSSR count). The number of hydrogen-bond acceptors (Lipinski definition) is 2. The second-order valence-corrected chi connectivity index (χ2v) is 5.12. The van der Waals surface area contributed by atoms with E-state index in [1.165, 1.54) is 38.5 Å². The first-order valence-corrected chi connectivity index (χ1v) is 7.98. The fourth-order valence-electron chi connectivity index (χ4n) is 1.76. The van der Waals surface area contributed by atoms with Crippen molar-refractivity contribution in [2.75, 3.05) is 0 Å². The predicted octanol–water partition coefficient (Wildman–Crippen LogP) is 4.21. The molecule has 0 aromatic heterocycles. The number of rotatable bonds is 12. The molecule has 0 saturated carbocycles. The van der Waals surface area contributed by atoms with Crippen LogP contribution in [0.1, 0.15) is 90.9 Å². The molecule has 0 aliphatic carbocycles. The molecule has 4 nitrogen and oxygen atoms in total. The number of carboxylic acid groups (broad SMARTS) is 2. The van der Waals surface area contributed by atoms with Gasteiger partial charge in [0, 0.05) is 12.8 Å². The van der Waals surface area contributed by atoms with Crippen molar-refractivity contribution >= 4 is 41.5 Å². The summed E-state index contributed by atoms with van der Waals surface area (Å²) in [5, 5.41) is 16.5. The van der Waals surface area contributed by atoms with E-state index in [4.69, 9.17) is 10.2 Å². The molecular formula is C16H33NaO4. The summed E-state index contributed by atoms with van der Waals surface area (Å²) in [6.45, 7) is 4.30. The summed E-state index contributed by atoms with van der Waals surface area (Å²) in [4.78, 5) is 20.1. The Morgan fingerprint density at radius 3 is 1.14 bits per heavy atom. The van der Waals surface area contributed by atoms with Crippen LogP contribution >= 0.6 is 0 Å². The van der Waals surface area contributed by atoms with Gasteiger partial charge in [-0.15, -0.1) is 0 Å².